The topological polar surface area (TPSA) is 87.3 Å². The van der Waals surface area contributed by atoms with E-state index in [1.807, 2.05) is 24.3 Å². The van der Waals surface area contributed by atoms with Gasteiger partial charge in [0.05, 0.1) is 18.7 Å². The van der Waals surface area contributed by atoms with Crippen molar-refractivity contribution in [2.75, 3.05) is 19.6 Å². The molecular weight excluding hydrogens is 437 g/mol. The summed E-state index contributed by atoms with van der Waals surface area (Å²) in [7, 11) is 0. The zero-order valence-corrected chi connectivity index (χ0v) is 17.6. The maximum atomic E-state index is 12.9. The van der Waals surface area contributed by atoms with Crippen molar-refractivity contribution in [3.63, 3.8) is 0 Å². The summed E-state index contributed by atoms with van der Waals surface area (Å²) in [6.07, 6.45) is 4.38. The maximum absolute atomic E-state index is 12.9. The molecule has 1 aromatic heterocycles. The Hall–Kier alpha value is -3.56. The average molecular weight is 460 g/mol. The molecule has 2 heterocycles. The van der Waals surface area contributed by atoms with Crippen molar-refractivity contribution in [2.45, 2.75) is 31.0 Å². The summed E-state index contributed by atoms with van der Waals surface area (Å²) in [5.74, 6) is -0.522. The van der Waals surface area contributed by atoms with Crippen LogP contribution in [0.2, 0.25) is 0 Å². The molecule has 2 amide bonds. The number of ether oxygens (including phenoxy) is 1. The minimum Gasteiger partial charge on any atom is -0.489 e. The number of amides is 2. The van der Waals surface area contributed by atoms with E-state index in [0.29, 0.717) is 13.0 Å². The SMILES string of the molecule is O=C(NCC(=O)N1CCC(Oc2cccc(C(F)(F)F)c2)C1)c1cc(C2C=CC=CC2)[nH]n1. The van der Waals surface area contributed by atoms with Crippen LogP contribution in [0.4, 0.5) is 13.2 Å². The standard InChI is InChI=1S/C23H23F3N4O3/c24-23(25,26)16-7-4-8-17(11-16)33-18-9-10-30(14-18)21(31)13-27-22(32)20-12-19(28-29-20)15-5-2-1-3-6-15/h1-5,7-8,11-12,15,18H,6,9-10,13-14H2,(H,27,32)(H,28,29). The first-order valence-corrected chi connectivity index (χ1v) is 10.6. The van der Waals surface area contributed by atoms with Crippen LogP contribution in [-0.2, 0) is 11.0 Å². The van der Waals surface area contributed by atoms with Crippen LogP contribution in [0.3, 0.4) is 0 Å². The number of hydrogen-bond donors (Lipinski definition) is 2. The van der Waals surface area contributed by atoms with Crippen LogP contribution in [0.15, 0.2) is 54.6 Å². The van der Waals surface area contributed by atoms with E-state index in [4.69, 9.17) is 4.74 Å². The maximum Gasteiger partial charge on any atom is 0.416 e. The molecule has 7 nitrogen and oxygen atoms in total. The Morgan fingerprint density at radius 3 is 2.85 bits per heavy atom. The minimum absolute atomic E-state index is 0.107. The number of halogens is 3. The molecule has 1 saturated heterocycles. The monoisotopic (exact) mass is 460 g/mol. The smallest absolute Gasteiger partial charge is 0.416 e. The summed E-state index contributed by atoms with van der Waals surface area (Å²) >= 11 is 0. The van der Waals surface area contributed by atoms with Gasteiger partial charge in [-0.1, -0.05) is 30.4 Å². The number of allylic oxidation sites excluding steroid dienone is 4. The van der Waals surface area contributed by atoms with Crippen LogP contribution < -0.4 is 10.1 Å². The van der Waals surface area contributed by atoms with E-state index in [1.165, 1.54) is 17.0 Å². The quantitative estimate of drug-likeness (QED) is 0.692. The number of alkyl halides is 3. The van der Waals surface area contributed by atoms with Crippen LogP contribution >= 0.6 is 0 Å². The molecule has 1 aromatic carbocycles. The zero-order chi connectivity index (χ0) is 23.4. The molecule has 0 saturated carbocycles. The van der Waals surface area contributed by atoms with E-state index in [1.54, 1.807) is 6.07 Å². The highest BCUT2D eigenvalue weighted by molar-refractivity contribution is 5.95. The van der Waals surface area contributed by atoms with Crippen molar-refractivity contribution in [3.05, 3.63) is 71.6 Å². The molecule has 2 atom stereocenters. The largest absolute Gasteiger partial charge is 0.489 e. The first-order valence-electron chi connectivity index (χ1n) is 10.6. The summed E-state index contributed by atoms with van der Waals surface area (Å²) < 4.78 is 44.2. The molecule has 2 unspecified atom stereocenters. The molecule has 2 aromatic rings. The van der Waals surface area contributed by atoms with Crippen molar-refractivity contribution in [1.29, 1.82) is 0 Å². The highest BCUT2D eigenvalue weighted by Gasteiger charge is 2.32. The normalized spacial score (nSPS) is 20.2. The molecule has 0 radical (unpaired) electrons. The van der Waals surface area contributed by atoms with Gasteiger partial charge in [-0.15, -0.1) is 0 Å². The van der Waals surface area contributed by atoms with Gasteiger partial charge in [-0.05, 0) is 30.7 Å². The number of carbonyl (C=O) groups excluding carboxylic acids is 2. The molecule has 0 spiro atoms. The Morgan fingerprint density at radius 1 is 1.24 bits per heavy atom. The number of nitrogens with zero attached hydrogens (tertiary/aromatic N) is 2. The van der Waals surface area contributed by atoms with Gasteiger partial charge in [0.1, 0.15) is 17.5 Å². The third-order valence-corrected chi connectivity index (χ3v) is 5.57. The van der Waals surface area contributed by atoms with Crippen LogP contribution in [-0.4, -0.2) is 52.6 Å². The second-order valence-electron chi connectivity index (χ2n) is 7.94. The number of carbonyl (C=O) groups is 2. The van der Waals surface area contributed by atoms with Gasteiger partial charge in [0, 0.05) is 24.6 Å². The number of likely N-dealkylation sites (tertiary alicyclic amines) is 1. The lowest BCUT2D eigenvalue weighted by Gasteiger charge is -2.18. The van der Waals surface area contributed by atoms with Crippen LogP contribution in [0.1, 0.15) is 40.5 Å². The van der Waals surface area contributed by atoms with Crippen molar-refractivity contribution in [2.24, 2.45) is 0 Å². The first kappa shape index (κ1) is 22.6. The Balaban J connectivity index is 1.25. The van der Waals surface area contributed by atoms with E-state index in [9.17, 15) is 22.8 Å². The molecule has 1 fully saturated rings. The molecule has 1 aliphatic carbocycles. The lowest BCUT2D eigenvalue weighted by Crippen LogP contribution is -2.39. The van der Waals surface area contributed by atoms with Crippen LogP contribution in [0, 0.1) is 0 Å². The summed E-state index contributed by atoms with van der Waals surface area (Å²) in [5.41, 5.74) is 0.236. The van der Waals surface area contributed by atoms with Crippen molar-refractivity contribution < 1.29 is 27.5 Å². The number of nitrogens with one attached hydrogen (secondary N) is 2. The predicted octanol–water partition coefficient (Wildman–Crippen LogP) is 3.44. The highest BCUT2D eigenvalue weighted by Crippen LogP contribution is 2.32. The fourth-order valence-corrected chi connectivity index (χ4v) is 3.80. The fraction of sp³-hybridized carbons (Fsp3) is 0.348. The van der Waals surface area contributed by atoms with Gasteiger partial charge >= 0.3 is 6.18 Å². The van der Waals surface area contributed by atoms with Gasteiger partial charge < -0.3 is 15.0 Å². The summed E-state index contributed by atoms with van der Waals surface area (Å²) in [6, 6.07) is 6.33. The van der Waals surface area contributed by atoms with Gasteiger partial charge in [-0.25, -0.2) is 0 Å². The third-order valence-electron chi connectivity index (χ3n) is 5.57. The predicted molar refractivity (Wildman–Crippen MR) is 114 cm³/mol. The minimum atomic E-state index is -4.45. The molecule has 1 aliphatic heterocycles. The average Bonchev–Trinajstić information content (AvgIpc) is 3.48. The van der Waals surface area contributed by atoms with Gasteiger partial charge in [-0.2, -0.15) is 18.3 Å². The molecule has 4 rings (SSSR count). The molecule has 33 heavy (non-hydrogen) atoms. The summed E-state index contributed by atoms with van der Waals surface area (Å²) in [6.45, 7) is 0.425. The van der Waals surface area contributed by atoms with E-state index in [0.717, 1.165) is 24.2 Å². The molecule has 2 aliphatic rings. The van der Waals surface area contributed by atoms with Crippen molar-refractivity contribution in [1.82, 2.24) is 20.4 Å². The van der Waals surface area contributed by atoms with Crippen LogP contribution in [0.5, 0.6) is 5.75 Å². The van der Waals surface area contributed by atoms with Crippen molar-refractivity contribution in [3.8, 4) is 5.75 Å². The molecule has 174 valence electrons. The Morgan fingerprint density at radius 2 is 2.09 bits per heavy atom. The Labute approximate surface area is 188 Å². The van der Waals surface area contributed by atoms with E-state index in [-0.39, 0.29) is 36.4 Å². The number of rotatable bonds is 6. The number of H-pyrrole nitrogens is 1. The van der Waals surface area contributed by atoms with Gasteiger partial charge in [0.2, 0.25) is 5.91 Å². The summed E-state index contributed by atoms with van der Waals surface area (Å²) in [4.78, 5) is 26.4. The number of benzene rings is 1. The first-order chi connectivity index (χ1) is 15.8. The fourth-order valence-electron chi connectivity index (χ4n) is 3.80. The highest BCUT2D eigenvalue weighted by atomic mass is 19.4. The zero-order valence-electron chi connectivity index (χ0n) is 17.6. The second-order valence-corrected chi connectivity index (χ2v) is 7.94. The molecule has 0 bridgehead atoms. The van der Waals surface area contributed by atoms with Gasteiger partial charge in [0.25, 0.3) is 5.91 Å². The molecular formula is C23H23F3N4O3. The number of aromatic nitrogens is 2. The number of aromatic amines is 1. The van der Waals surface area contributed by atoms with E-state index in [2.05, 4.69) is 15.5 Å². The second kappa shape index (κ2) is 9.51. The third kappa shape index (κ3) is 5.63. The van der Waals surface area contributed by atoms with E-state index >= 15 is 0 Å². The van der Waals surface area contributed by atoms with Gasteiger partial charge in [-0.3, -0.25) is 14.7 Å². The molecule has 2 N–H and O–H groups in total. The van der Waals surface area contributed by atoms with E-state index < -0.39 is 23.8 Å². The number of hydrogen-bond acceptors (Lipinski definition) is 4. The lowest BCUT2D eigenvalue weighted by atomic mass is 9.97. The Bertz CT molecular complexity index is 1080. The summed E-state index contributed by atoms with van der Waals surface area (Å²) in [5, 5.41) is 9.46. The van der Waals surface area contributed by atoms with Gasteiger partial charge in [0.15, 0.2) is 0 Å². The van der Waals surface area contributed by atoms with Crippen molar-refractivity contribution >= 4 is 11.8 Å². The molecule has 10 heteroatoms. The van der Waals surface area contributed by atoms with Crippen LogP contribution in [0.25, 0.3) is 0 Å². The Kier molecular flexibility index (Phi) is 6.52. The lowest BCUT2D eigenvalue weighted by molar-refractivity contribution is -0.137.